The molecule has 0 amide bonds. The molecule has 0 aliphatic rings. The standard InChI is InChI=1S/C15H20N2O2/c18-9-11-19-10-1-2-14-3-5-15(6-4-14)12-17-8-7-16-13-17/h3-8,13,18H,1-2,9-12H2. The third kappa shape index (κ3) is 4.85. The maximum atomic E-state index is 8.59. The van der Waals surface area contributed by atoms with E-state index in [0.717, 1.165) is 19.4 Å². The molecule has 0 aliphatic carbocycles. The topological polar surface area (TPSA) is 47.3 Å². The van der Waals surface area contributed by atoms with Gasteiger partial charge >= 0.3 is 0 Å². The van der Waals surface area contributed by atoms with Crippen molar-refractivity contribution in [1.82, 2.24) is 9.55 Å². The summed E-state index contributed by atoms with van der Waals surface area (Å²) in [6.45, 7) is 2.10. The lowest BCUT2D eigenvalue weighted by atomic mass is 10.1. The molecule has 1 heterocycles. The van der Waals surface area contributed by atoms with Gasteiger partial charge in [0.15, 0.2) is 0 Å². The van der Waals surface area contributed by atoms with Crippen molar-refractivity contribution >= 4 is 0 Å². The first-order chi connectivity index (χ1) is 9.38. The van der Waals surface area contributed by atoms with Crippen LogP contribution in [0.1, 0.15) is 17.5 Å². The predicted octanol–water partition coefficient (Wildman–Crippen LogP) is 1.87. The number of benzene rings is 1. The summed E-state index contributed by atoms with van der Waals surface area (Å²) in [5, 5.41) is 8.59. The van der Waals surface area contributed by atoms with Crippen LogP contribution in [0.15, 0.2) is 43.0 Å². The highest BCUT2D eigenvalue weighted by Crippen LogP contribution is 2.08. The number of ether oxygens (including phenoxy) is 1. The molecule has 0 unspecified atom stereocenters. The van der Waals surface area contributed by atoms with Crippen LogP contribution < -0.4 is 0 Å². The summed E-state index contributed by atoms with van der Waals surface area (Å²) in [5.41, 5.74) is 2.60. The number of aromatic nitrogens is 2. The first-order valence-electron chi connectivity index (χ1n) is 6.60. The minimum atomic E-state index is 0.100. The van der Waals surface area contributed by atoms with Crippen LogP contribution in [0.2, 0.25) is 0 Å². The number of aliphatic hydroxyl groups is 1. The second-order valence-corrected chi connectivity index (χ2v) is 4.49. The van der Waals surface area contributed by atoms with Gasteiger partial charge in [-0.15, -0.1) is 0 Å². The van der Waals surface area contributed by atoms with Crippen LogP contribution in [-0.2, 0) is 17.7 Å². The predicted molar refractivity (Wildman–Crippen MR) is 74.0 cm³/mol. The molecule has 0 saturated heterocycles. The van der Waals surface area contributed by atoms with Crippen molar-refractivity contribution in [3.63, 3.8) is 0 Å². The average molecular weight is 260 g/mol. The molecule has 102 valence electrons. The van der Waals surface area contributed by atoms with E-state index in [1.54, 1.807) is 6.20 Å². The van der Waals surface area contributed by atoms with Gasteiger partial charge in [-0.1, -0.05) is 24.3 Å². The van der Waals surface area contributed by atoms with Gasteiger partial charge in [0.05, 0.1) is 19.5 Å². The Morgan fingerprint density at radius 2 is 1.89 bits per heavy atom. The van der Waals surface area contributed by atoms with Gasteiger partial charge in [-0.05, 0) is 24.0 Å². The van der Waals surface area contributed by atoms with Crippen LogP contribution in [0.4, 0.5) is 0 Å². The second-order valence-electron chi connectivity index (χ2n) is 4.49. The fourth-order valence-corrected chi connectivity index (χ4v) is 1.95. The number of aryl methyl sites for hydroxylation is 1. The fraction of sp³-hybridized carbons (Fsp3) is 0.400. The van der Waals surface area contributed by atoms with Gasteiger partial charge in [-0.2, -0.15) is 0 Å². The van der Waals surface area contributed by atoms with E-state index in [9.17, 15) is 0 Å². The molecular weight excluding hydrogens is 240 g/mol. The van der Waals surface area contributed by atoms with Crippen LogP contribution >= 0.6 is 0 Å². The molecule has 4 heteroatoms. The van der Waals surface area contributed by atoms with Gasteiger partial charge in [0.2, 0.25) is 0 Å². The zero-order valence-electron chi connectivity index (χ0n) is 11.0. The Labute approximate surface area is 113 Å². The first-order valence-corrected chi connectivity index (χ1v) is 6.60. The Morgan fingerprint density at radius 1 is 1.11 bits per heavy atom. The molecule has 0 aliphatic heterocycles. The number of hydrogen-bond donors (Lipinski definition) is 1. The van der Waals surface area contributed by atoms with Crippen molar-refractivity contribution < 1.29 is 9.84 Å². The average Bonchev–Trinajstić information content (AvgIpc) is 2.93. The summed E-state index contributed by atoms with van der Waals surface area (Å²) in [6, 6.07) is 8.64. The van der Waals surface area contributed by atoms with Crippen LogP contribution in [0.3, 0.4) is 0 Å². The quantitative estimate of drug-likeness (QED) is 0.737. The summed E-state index contributed by atoms with van der Waals surface area (Å²) in [4.78, 5) is 4.03. The lowest BCUT2D eigenvalue weighted by molar-refractivity contribution is 0.0909. The zero-order valence-corrected chi connectivity index (χ0v) is 11.0. The zero-order chi connectivity index (χ0) is 13.3. The van der Waals surface area contributed by atoms with E-state index >= 15 is 0 Å². The van der Waals surface area contributed by atoms with Crippen LogP contribution in [0, 0.1) is 0 Å². The highest BCUT2D eigenvalue weighted by atomic mass is 16.5. The number of nitrogens with zero attached hydrogens (tertiary/aromatic N) is 2. The number of aliphatic hydroxyl groups excluding tert-OH is 1. The molecule has 2 aromatic rings. The van der Waals surface area contributed by atoms with E-state index < -0.39 is 0 Å². The van der Waals surface area contributed by atoms with Gasteiger partial charge in [0.1, 0.15) is 0 Å². The van der Waals surface area contributed by atoms with E-state index in [-0.39, 0.29) is 6.61 Å². The van der Waals surface area contributed by atoms with Crippen molar-refractivity contribution in [3.05, 3.63) is 54.1 Å². The molecule has 2 rings (SSSR count). The van der Waals surface area contributed by atoms with E-state index in [1.807, 2.05) is 12.5 Å². The van der Waals surface area contributed by atoms with Crippen LogP contribution in [0.5, 0.6) is 0 Å². The highest BCUT2D eigenvalue weighted by molar-refractivity contribution is 5.22. The molecule has 1 aromatic carbocycles. The Morgan fingerprint density at radius 3 is 2.58 bits per heavy atom. The Bertz CT molecular complexity index is 452. The number of imidazole rings is 1. The molecule has 0 spiro atoms. The van der Waals surface area contributed by atoms with Gasteiger partial charge < -0.3 is 14.4 Å². The van der Waals surface area contributed by atoms with Crippen molar-refractivity contribution in [1.29, 1.82) is 0 Å². The molecule has 19 heavy (non-hydrogen) atoms. The molecular formula is C15H20N2O2. The highest BCUT2D eigenvalue weighted by Gasteiger charge is 1.97. The molecule has 4 nitrogen and oxygen atoms in total. The van der Waals surface area contributed by atoms with E-state index in [2.05, 4.69) is 33.8 Å². The summed E-state index contributed by atoms with van der Waals surface area (Å²) in [7, 11) is 0. The van der Waals surface area contributed by atoms with E-state index in [0.29, 0.717) is 13.2 Å². The van der Waals surface area contributed by atoms with Gasteiger partial charge in [0.25, 0.3) is 0 Å². The van der Waals surface area contributed by atoms with Crippen LogP contribution in [-0.4, -0.2) is 34.5 Å². The Balaban J connectivity index is 1.75. The van der Waals surface area contributed by atoms with Crippen molar-refractivity contribution in [2.24, 2.45) is 0 Å². The summed E-state index contributed by atoms with van der Waals surface area (Å²) in [6.07, 6.45) is 7.58. The largest absolute Gasteiger partial charge is 0.394 e. The molecule has 0 atom stereocenters. The molecule has 1 N–H and O–H groups in total. The number of hydrogen-bond acceptors (Lipinski definition) is 3. The SMILES string of the molecule is OCCOCCCc1ccc(Cn2ccnc2)cc1. The van der Waals surface area contributed by atoms with Crippen LogP contribution in [0.25, 0.3) is 0 Å². The minimum Gasteiger partial charge on any atom is -0.394 e. The van der Waals surface area contributed by atoms with Crippen molar-refractivity contribution in [2.45, 2.75) is 19.4 Å². The molecule has 0 bridgehead atoms. The summed E-state index contributed by atoms with van der Waals surface area (Å²) >= 11 is 0. The lowest BCUT2D eigenvalue weighted by Crippen LogP contribution is -2.02. The third-order valence-electron chi connectivity index (χ3n) is 2.94. The first kappa shape index (κ1) is 13.8. The Kier molecular flexibility index (Phi) is 5.59. The van der Waals surface area contributed by atoms with Gasteiger partial charge in [-0.25, -0.2) is 4.98 Å². The van der Waals surface area contributed by atoms with E-state index in [4.69, 9.17) is 9.84 Å². The molecule has 1 aromatic heterocycles. The van der Waals surface area contributed by atoms with E-state index in [1.165, 1.54) is 11.1 Å². The second kappa shape index (κ2) is 7.71. The van der Waals surface area contributed by atoms with Gasteiger partial charge in [-0.3, -0.25) is 0 Å². The van der Waals surface area contributed by atoms with Crippen molar-refractivity contribution in [2.75, 3.05) is 19.8 Å². The molecule has 0 fully saturated rings. The number of rotatable bonds is 8. The monoisotopic (exact) mass is 260 g/mol. The minimum absolute atomic E-state index is 0.100. The molecule has 0 saturated carbocycles. The third-order valence-corrected chi connectivity index (χ3v) is 2.94. The lowest BCUT2D eigenvalue weighted by Gasteiger charge is -2.05. The maximum Gasteiger partial charge on any atom is 0.0949 e. The van der Waals surface area contributed by atoms with Gasteiger partial charge in [0, 0.05) is 25.5 Å². The summed E-state index contributed by atoms with van der Waals surface area (Å²) in [5.74, 6) is 0. The Hall–Kier alpha value is -1.65. The normalized spacial score (nSPS) is 10.8. The molecule has 0 radical (unpaired) electrons. The summed E-state index contributed by atoms with van der Waals surface area (Å²) < 4.78 is 7.29. The fourth-order valence-electron chi connectivity index (χ4n) is 1.95. The van der Waals surface area contributed by atoms with Crippen molar-refractivity contribution in [3.8, 4) is 0 Å². The smallest absolute Gasteiger partial charge is 0.0949 e. The maximum absolute atomic E-state index is 8.59.